The fourth-order valence-corrected chi connectivity index (χ4v) is 3.52. The Morgan fingerprint density at radius 2 is 1.77 bits per heavy atom. The molecule has 0 aliphatic carbocycles. The quantitative estimate of drug-likeness (QED) is 0.413. The number of amides is 2. The van der Waals surface area contributed by atoms with E-state index in [1.165, 1.54) is 24.3 Å². The zero-order valence-corrected chi connectivity index (χ0v) is 14.0. The van der Waals surface area contributed by atoms with Crippen molar-refractivity contribution in [3.8, 4) is 0 Å². The number of imide groups is 1. The zero-order valence-electron chi connectivity index (χ0n) is 14.0. The third kappa shape index (κ3) is 2.36. The summed E-state index contributed by atoms with van der Waals surface area (Å²) >= 11 is 0. The Morgan fingerprint density at radius 3 is 2.46 bits per heavy atom. The SMILES string of the molecule is Cn1cc([C@H]2CC(=O)N(c3ccc([N+](=O)[O-])cc3)C2=O)c2ccccc21. The lowest BCUT2D eigenvalue weighted by Gasteiger charge is -2.14. The maximum Gasteiger partial charge on any atom is 0.269 e. The van der Waals surface area contributed by atoms with Gasteiger partial charge in [-0.25, -0.2) is 4.90 Å². The maximum atomic E-state index is 13.0. The summed E-state index contributed by atoms with van der Waals surface area (Å²) in [6.45, 7) is 0. The summed E-state index contributed by atoms with van der Waals surface area (Å²) in [6.07, 6.45) is 1.98. The number of rotatable bonds is 3. The highest BCUT2D eigenvalue weighted by atomic mass is 16.6. The van der Waals surface area contributed by atoms with E-state index in [1.54, 1.807) is 0 Å². The van der Waals surface area contributed by atoms with E-state index in [1.807, 2.05) is 42.1 Å². The van der Waals surface area contributed by atoms with Gasteiger partial charge in [-0.3, -0.25) is 19.7 Å². The van der Waals surface area contributed by atoms with Gasteiger partial charge < -0.3 is 4.57 Å². The van der Waals surface area contributed by atoms with E-state index < -0.39 is 10.8 Å². The first-order chi connectivity index (χ1) is 12.5. The summed E-state index contributed by atoms with van der Waals surface area (Å²) in [5, 5.41) is 11.7. The van der Waals surface area contributed by atoms with Gasteiger partial charge in [0.15, 0.2) is 0 Å². The molecule has 0 bridgehead atoms. The van der Waals surface area contributed by atoms with E-state index in [2.05, 4.69) is 0 Å². The average Bonchev–Trinajstić information content (AvgIpc) is 3.12. The minimum atomic E-state index is -0.552. The molecule has 1 fully saturated rings. The van der Waals surface area contributed by atoms with Crippen LogP contribution in [0, 0.1) is 10.1 Å². The summed E-state index contributed by atoms with van der Waals surface area (Å²) in [5.74, 6) is -1.16. The molecule has 0 unspecified atom stereocenters. The molecule has 3 aromatic rings. The van der Waals surface area contributed by atoms with Crippen molar-refractivity contribution in [2.75, 3.05) is 4.90 Å². The van der Waals surface area contributed by atoms with Gasteiger partial charge in [-0.15, -0.1) is 0 Å². The highest BCUT2D eigenvalue weighted by Crippen LogP contribution is 2.37. The number of carbonyl (C=O) groups excluding carboxylic acids is 2. The number of para-hydroxylation sites is 1. The van der Waals surface area contributed by atoms with Crippen molar-refractivity contribution >= 4 is 34.1 Å². The van der Waals surface area contributed by atoms with Crippen LogP contribution in [0.2, 0.25) is 0 Å². The molecule has 1 atom stereocenters. The number of non-ortho nitro benzene ring substituents is 1. The number of nitrogens with zero attached hydrogens (tertiary/aromatic N) is 3. The summed E-state index contributed by atoms with van der Waals surface area (Å²) < 4.78 is 1.94. The van der Waals surface area contributed by atoms with Gasteiger partial charge in [0.25, 0.3) is 5.69 Å². The number of anilines is 1. The summed E-state index contributed by atoms with van der Waals surface area (Å²) in [5.41, 5.74) is 2.09. The molecule has 0 saturated carbocycles. The lowest BCUT2D eigenvalue weighted by molar-refractivity contribution is -0.384. The minimum absolute atomic E-state index is 0.0848. The second-order valence-corrected chi connectivity index (χ2v) is 6.31. The van der Waals surface area contributed by atoms with Crippen molar-refractivity contribution in [2.24, 2.45) is 7.05 Å². The van der Waals surface area contributed by atoms with Crippen molar-refractivity contribution in [1.82, 2.24) is 4.57 Å². The number of hydrogen-bond donors (Lipinski definition) is 0. The molecule has 1 aliphatic rings. The number of carbonyl (C=O) groups is 2. The van der Waals surface area contributed by atoms with E-state index in [0.717, 1.165) is 21.4 Å². The maximum absolute atomic E-state index is 13.0. The van der Waals surface area contributed by atoms with Gasteiger partial charge in [0.2, 0.25) is 11.8 Å². The van der Waals surface area contributed by atoms with E-state index in [-0.39, 0.29) is 23.9 Å². The standard InChI is InChI=1S/C19H15N3O4/c1-20-11-16(14-4-2-3-5-17(14)20)15-10-18(23)21(19(15)24)12-6-8-13(9-7-12)22(25)26/h2-9,11,15H,10H2,1H3/t15-/m1/s1. The molecule has 0 spiro atoms. The number of benzene rings is 2. The number of fused-ring (bicyclic) bond motifs is 1. The lowest BCUT2D eigenvalue weighted by atomic mass is 9.97. The van der Waals surface area contributed by atoms with Crippen LogP contribution in [0.4, 0.5) is 11.4 Å². The highest BCUT2D eigenvalue weighted by molar-refractivity contribution is 6.23. The highest BCUT2D eigenvalue weighted by Gasteiger charge is 2.41. The van der Waals surface area contributed by atoms with Crippen LogP contribution in [0.1, 0.15) is 17.9 Å². The molecule has 7 nitrogen and oxygen atoms in total. The Hall–Kier alpha value is -3.48. The third-order valence-electron chi connectivity index (χ3n) is 4.77. The van der Waals surface area contributed by atoms with Crippen LogP contribution in [0.3, 0.4) is 0 Å². The Kier molecular flexibility index (Phi) is 3.57. The van der Waals surface area contributed by atoms with Crippen LogP contribution in [-0.2, 0) is 16.6 Å². The van der Waals surface area contributed by atoms with E-state index in [0.29, 0.717) is 5.69 Å². The summed E-state index contributed by atoms with van der Waals surface area (Å²) in [4.78, 5) is 36.8. The fourth-order valence-electron chi connectivity index (χ4n) is 3.52. The van der Waals surface area contributed by atoms with Gasteiger partial charge in [-0.05, 0) is 23.8 Å². The lowest BCUT2D eigenvalue weighted by Crippen LogP contribution is -2.29. The predicted molar refractivity (Wildman–Crippen MR) is 95.9 cm³/mol. The normalized spacial score (nSPS) is 17.3. The molecular formula is C19H15N3O4. The Labute approximate surface area is 148 Å². The van der Waals surface area contributed by atoms with Crippen LogP contribution >= 0.6 is 0 Å². The van der Waals surface area contributed by atoms with Crippen LogP contribution in [0.15, 0.2) is 54.7 Å². The third-order valence-corrected chi connectivity index (χ3v) is 4.77. The van der Waals surface area contributed by atoms with Crippen LogP contribution in [0.25, 0.3) is 10.9 Å². The summed E-state index contributed by atoms with van der Waals surface area (Å²) in [6, 6.07) is 13.2. The summed E-state index contributed by atoms with van der Waals surface area (Å²) in [7, 11) is 1.90. The van der Waals surface area contributed by atoms with Gasteiger partial charge in [0.1, 0.15) is 0 Å². The molecule has 4 rings (SSSR count). The van der Waals surface area contributed by atoms with Gasteiger partial charge in [0.05, 0.1) is 16.5 Å². The molecular weight excluding hydrogens is 334 g/mol. The smallest absolute Gasteiger partial charge is 0.269 e. The number of nitro groups is 1. The number of hydrogen-bond acceptors (Lipinski definition) is 4. The van der Waals surface area contributed by atoms with Crippen molar-refractivity contribution < 1.29 is 14.5 Å². The Bertz CT molecular complexity index is 1050. The Morgan fingerprint density at radius 1 is 1.08 bits per heavy atom. The molecule has 2 aromatic carbocycles. The van der Waals surface area contributed by atoms with Gasteiger partial charge in [-0.1, -0.05) is 18.2 Å². The van der Waals surface area contributed by atoms with Gasteiger partial charge in [0, 0.05) is 42.7 Å². The molecule has 1 aliphatic heterocycles. The monoisotopic (exact) mass is 349 g/mol. The van der Waals surface area contributed by atoms with Crippen molar-refractivity contribution in [3.05, 3.63) is 70.4 Å². The second-order valence-electron chi connectivity index (χ2n) is 6.31. The van der Waals surface area contributed by atoms with E-state index in [4.69, 9.17) is 0 Å². The first kappa shape index (κ1) is 16.0. The molecule has 0 N–H and O–H groups in total. The van der Waals surface area contributed by atoms with Crippen LogP contribution in [-0.4, -0.2) is 21.3 Å². The van der Waals surface area contributed by atoms with Crippen LogP contribution < -0.4 is 4.90 Å². The number of nitro benzene ring substituents is 1. The predicted octanol–water partition coefficient (Wildman–Crippen LogP) is 3.13. The first-order valence-electron chi connectivity index (χ1n) is 8.12. The Balaban J connectivity index is 1.72. The van der Waals surface area contributed by atoms with Gasteiger partial charge >= 0.3 is 0 Å². The minimum Gasteiger partial charge on any atom is -0.350 e. The number of aryl methyl sites for hydroxylation is 1. The molecule has 130 valence electrons. The average molecular weight is 349 g/mol. The largest absolute Gasteiger partial charge is 0.350 e. The van der Waals surface area contributed by atoms with Crippen molar-refractivity contribution in [2.45, 2.75) is 12.3 Å². The molecule has 1 saturated heterocycles. The fraction of sp³-hybridized carbons (Fsp3) is 0.158. The molecule has 7 heteroatoms. The van der Waals surface area contributed by atoms with Gasteiger partial charge in [-0.2, -0.15) is 0 Å². The van der Waals surface area contributed by atoms with Crippen LogP contribution in [0.5, 0.6) is 0 Å². The van der Waals surface area contributed by atoms with E-state index >= 15 is 0 Å². The van der Waals surface area contributed by atoms with Crippen molar-refractivity contribution in [3.63, 3.8) is 0 Å². The molecule has 2 heterocycles. The second kappa shape index (κ2) is 5.80. The molecule has 1 aromatic heterocycles. The molecule has 2 amide bonds. The topological polar surface area (TPSA) is 85.4 Å². The van der Waals surface area contributed by atoms with Crippen molar-refractivity contribution in [1.29, 1.82) is 0 Å². The molecule has 0 radical (unpaired) electrons. The molecule has 26 heavy (non-hydrogen) atoms. The number of aromatic nitrogens is 1. The first-order valence-corrected chi connectivity index (χ1v) is 8.12. The zero-order chi connectivity index (χ0) is 18.4. The van der Waals surface area contributed by atoms with E-state index in [9.17, 15) is 19.7 Å².